The molecule has 4 nitrogen and oxygen atoms in total. The predicted molar refractivity (Wildman–Crippen MR) is 113 cm³/mol. The number of nitrogens with two attached hydrogens (primary N) is 1. The first-order chi connectivity index (χ1) is 12.1. The summed E-state index contributed by atoms with van der Waals surface area (Å²) >= 11 is 1.57. The van der Waals surface area contributed by atoms with Crippen molar-refractivity contribution in [3.63, 3.8) is 0 Å². The largest absolute Gasteiger partial charge is 0.444 e. The van der Waals surface area contributed by atoms with E-state index in [2.05, 4.69) is 55.8 Å². The van der Waals surface area contributed by atoms with Gasteiger partial charge in [0, 0.05) is 6.54 Å². The van der Waals surface area contributed by atoms with Gasteiger partial charge in [-0.1, -0.05) is 43.0 Å². The number of carbonyl (C=O) groups is 1. The van der Waals surface area contributed by atoms with Gasteiger partial charge in [-0.05, 0) is 75.1 Å². The molecule has 0 aliphatic carbocycles. The monoisotopic (exact) mass is 376 g/mol. The summed E-state index contributed by atoms with van der Waals surface area (Å²) in [6.45, 7) is 12.4. The lowest BCUT2D eigenvalue weighted by molar-refractivity contribution is 0.0528. The van der Waals surface area contributed by atoms with Crippen LogP contribution in [0, 0.1) is 0 Å². The fourth-order valence-corrected chi connectivity index (χ4v) is 2.84. The van der Waals surface area contributed by atoms with Crippen LogP contribution in [-0.2, 0) is 11.2 Å². The number of hydrogen-bond donors (Lipinski definition) is 2. The predicted octanol–water partition coefficient (Wildman–Crippen LogP) is 5.45. The van der Waals surface area contributed by atoms with Crippen molar-refractivity contribution in [1.29, 1.82) is 0 Å². The molecule has 5 heteroatoms. The molecule has 1 aromatic rings. The van der Waals surface area contributed by atoms with Crippen LogP contribution in [0.25, 0.3) is 5.57 Å². The normalized spacial score (nSPS) is 13.2. The number of amides is 1. The first-order valence-corrected chi connectivity index (χ1v) is 9.85. The molecule has 0 unspecified atom stereocenters. The highest BCUT2D eigenvalue weighted by Crippen LogP contribution is 2.24. The quantitative estimate of drug-likeness (QED) is 0.664. The molecule has 3 N–H and O–H groups in total. The van der Waals surface area contributed by atoms with Gasteiger partial charge in [0.25, 0.3) is 0 Å². The first kappa shape index (κ1) is 22.2. The molecule has 0 spiro atoms. The van der Waals surface area contributed by atoms with E-state index in [9.17, 15) is 4.79 Å². The highest BCUT2D eigenvalue weighted by Gasteiger charge is 2.15. The topological polar surface area (TPSA) is 64.3 Å². The number of thioether (sulfide) groups is 1. The molecule has 1 aromatic carbocycles. The van der Waals surface area contributed by atoms with Crippen molar-refractivity contribution >= 4 is 23.4 Å². The summed E-state index contributed by atoms with van der Waals surface area (Å²) in [4.78, 5) is 11.6. The molecule has 0 saturated heterocycles. The fourth-order valence-electron chi connectivity index (χ4n) is 2.05. The molecule has 0 atom stereocenters. The molecule has 0 aromatic heterocycles. The maximum Gasteiger partial charge on any atom is 0.407 e. The Morgan fingerprint density at radius 2 is 1.85 bits per heavy atom. The molecule has 1 rings (SSSR count). The Morgan fingerprint density at radius 1 is 1.23 bits per heavy atom. The van der Waals surface area contributed by atoms with Gasteiger partial charge in [-0.15, -0.1) is 0 Å². The maximum absolute atomic E-state index is 11.6. The Hall–Kier alpha value is -1.88. The van der Waals surface area contributed by atoms with E-state index < -0.39 is 5.60 Å². The second kappa shape index (κ2) is 10.3. The second-order valence-electron chi connectivity index (χ2n) is 7.29. The minimum absolute atomic E-state index is 0.377. The average Bonchev–Trinajstić information content (AvgIpc) is 2.57. The maximum atomic E-state index is 11.6. The minimum atomic E-state index is -0.470. The molecule has 0 aliphatic rings. The fraction of sp³-hybridized carbons (Fsp3) is 0.476. The van der Waals surface area contributed by atoms with Crippen molar-refractivity contribution in [2.45, 2.75) is 60.0 Å². The summed E-state index contributed by atoms with van der Waals surface area (Å²) in [7, 11) is 0. The summed E-state index contributed by atoms with van der Waals surface area (Å²) in [6, 6.07) is 8.37. The third-order valence-corrected chi connectivity index (χ3v) is 4.88. The summed E-state index contributed by atoms with van der Waals surface area (Å²) < 4.78 is 5.22. The van der Waals surface area contributed by atoms with Gasteiger partial charge in [-0.25, -0.2) is 4.79 Å². The summed E-state index contributed by atoms with van der Waals surface area (Å²) in [5.74, 6) is 0. The van der Waals surface area contributed by atoms with E-state index in [-0.39, 0.29) is 6.09 Å². The molecule has 0 radical (unpaired) electrons. The number of nitrogens with one attached hydrogen (secondary N) is 1. The smallest absolute Gasteiger partial charge is 0.407 e. The van der Waals surface area contributed by atoms with Crippen molar-refractivity contribution in [3.8, 4) is 0 Å². The Bertz CT molecular complexity index is 656. The summed E-state index contributed by atoms with van der Waals surface area (Å²) in [5, 5.41) is 5.74. The van der Waals surface area contributed by atoms with Gasteiger partial charge in [0.1, 0.15) is 5.60 Å². The Kier molecular flexibility index (Phi) is 8.79. The standard InChI is InChI=1S/C21H32N2O2S/c1-7-15(2)19(22)26-14-16(3)18-10-8-17(9-11-18)12-13-23-20(24)25-21(4,5)6/h8-11,14H,7,12-13,22H2,1-6H3,(H,23,24)/b16-14+,19-15-. The molecule has 0 bridgehead atoms. The van der Waals surface area contributed by atoms with E-state index in [0.29, 0.717) is 6.54 Å². The Morgan fingerprint density at radius 3 is 2.38 bits per heavy atom. The third kappa shape index (κ3) is 8.48. The van der Waals surface area contributed by atoms with Crippen LogP contribution in [-0.4, -0.2) is 18.2 Å². The number of rotatable bonds is 7. The van der Waals surface area contributed by atoms with Crippen molar-refractivity contribution < 1.29 is 9.53 Å². The number of carbonyl (C=O) groups excluding carboxylic acids is 1. The molecular formula is C21H32N2O2S. The van der Waals surface area contributed by atoms with Crippen LogP contribution in [0.3, 0.4) is 0 Å². The first-order valence-electron chi connectivity index (χ1n) is 8.97. The van der Waals surface area contributed by atoms with E-state index >= 15 is 0 Å². The van der Waals surface area contributed by atoms with Gasteiger partial charge < -0.3 is 15.8 Å². The summed E-state index contributed by atoms with van der Waals surface area (Å²) in [6.07, 6.45) is 1.36. The third-order valence-electron chi connectivity index (χ3n) is 3.80. The van der Waals surface area contributed by atoms with Crippen molar-refractivity contribution in [2.75, 3.05) is 6.54 Å². The van der Waals surface area contributed by atoms with Crippen LogP contribution in [0.15, 0.2) is 40.3 Å². The van der Waals surface area contributed by atoms with E-state index in [1.807, 2.05) is 20.8 Å². The van der Waals surface area contributed by atoms with Crippen LogP contribution in [0.4, 0.5) is 4.79 Å². The van der Waals surface area contributed by atoms with Crippen molar-refractivity contribution in [1.82, 2.24) is 5.32 Å². The molecular weight excluding hydrogens is 344 g/mol. The number of alkyl carbamates (subject to hydrolysis) is 1. The van der Waals surface area contributed by atoms with E-state index in [1.165, 1.54) is 22.3 Å². The zero-order valence-electron chi connectivity index (χ0n) is 16.8. The lowest BCUT2D eigenvalue weighted by atomic mass is 10.1. The molecule has 0 heterocycles. The number of hydrogen-bond acceptors (Lipinski definition) is 4. The van der Waals surface area contributed by atoms with Gasteiger partial charge in [-0.2, -0.15) is 0 Å². The van der Waals surface area contributed by atoms with Crippen molar-refractivity contribution in [2.24, 2.45) is 5.73 Å². The molecule has 26 heavy (non-hydrogen) atoms. The molecule has 1 amide bonds. The van der Waals surface area contributed by atoms with Crippen LogP contribution < -0.4 is 11.1 Å². The van der Waals surface area contributed by atoms with Gasteiger partial charge in [0.05, 0.1) is 5.03 Å². The zero-order valence-corrected chi connectivity index (χ0v) is 17.6. The van der Waals surface area contributed by atoms with Crippen LogP contribution in [0.1, 0.15) is 59.1 Å². The second-order valence-corrected chi connectivity index (χ2v) is 8.20. The lowest BCUT2D eigenvalue weighted by Gasteiger charge is -2.19. The van der Waals surface area contributed by atoms with Crippen LogP contribution in [0.2, 0.25) is 0 Å². The zero-order chi connectivity index (χ0) is 19.7. The highest BCUT2D eigenvalue weighted by atomic mass is 32.2. The van der Waals surface area contributed by atoms with E-state index in [0.717, 1.165) is 17.9 Å². The van der Waals surface area contributed by atoms with Gasteiger partial charge >= 0.3 is 6.09 Å². The van der Waals surface area contributed by atoms with E-state index in [1.54, 1.807) is 11.8 Å². The number of benzene rings is 1. The van der Waals surface area contributed by atoms with Crippen LogP contribution in [0.5, 0.6) is 0 Å². The number of allylic oxidation sites excluding steroid dienone is 2. The van der Waals surface area contributed by atoms with Crippen LogP contribution >= 0.6 is 11.8 Å². The SMILES string of the molecule is CC/C(C)=C(/N)S/C=C(\C)c1ccc(CCNC(=O)OC(C)(C)C)cc1. The average molecular weight is 377 g/mol. The van der Waals surface area contributed by atoms with Gasteiger partial charge in [0.15, 0.2) is 0 Å². The van der Waals surface area contributed by atoms with E-state index in [4.69, 9.17) is 10.5 Å². The summed E-state index contributed by atoms with van der Waals surface area (Å²) in [5.41, 5.74) is 10.3. The Balaban J connectivity index is 2.54. The van der Waals surface area contributed by atoms with Gasteiger partial charge in [-0.3, -0.25) is 0 Å². The molecule has 0 saturated carbocycles. The lowest BCUT2D eigenvalue weighted by Crippen LogP contribution is -2.33. The highest BCUT2D eigenvalue weighted by molar-refractivity contribution is 8.05. The minimum Gasteiger partial charge on any atom is -0.444 e. The van der Waals surface area contributed by atoms with Gasteiger partial charge in [0.2, 0.25) is 0 Å². The van der Waals surface area contributed by atoms with Crippen molar-refractivity contribution in [3.05, 3.63) is 51.4 Å². The number of ether oxygens (including phenoxy) is 1. The molecule has 0 aliphatic heterocycles. The molecule has 0 fully saturated rings. The molecule has 144 valence electrons. The Labute approximate surface area is 162 Å².